The molecule has 9 rings (SSSR count). The lowest BCUT2D eigenvalue weighted by Crippen LogP contribution is -2.04. The Balaban J connectivity index is 1.35. The molecule has 0 radical (unpaired) electrons. The van der Waals surface area contributed by atoms with Gasteiger partial charge < -0.3 is 4.57 Å². The van der Waals surface area contributed by atoms with Crippen LogP contribution in [0.2, 0.25) is 0 Å². The molecular weight excluding hydrogens is 573 g/mol. The fraction of sp³-hybridized carbons (Fsp3) is 0. The molecule has 0 aliphatic heterocycles. The van der Waals surface area contributed by atoms with Crippen molar-refractivity contribution in [3.63, 3.8) is 0 Å². The second kappa shape index (κ2) is 11.2. The van der Waals surface area contributed by atoms with Gasteiger partial charge in [0.25, 0.3) is 0 Å². The van der Waals surface area contributed by atoms with E-state index < -0.39 is 0 Å². The van der Waals surface area contributed by atoms with Crippen molar-refractivity contribution >= 4 is 32.6 Å². The minimum absolute atomic E-state index is 0.625. The Morgan fingerprint density at radius 1 is 0.340 bits per heavy atom. The van der Waals surface area contributed by atoms with Crippen LogP contribution in [0.25, 0.3) is 83.6 Å². The summed E-state index contributed by atoms with van der Waals surface area (Å²) in [6.07, 6.45) is 0. The van der Waals surface area contributed by atoms with E-state index in [-0.39, 0.29) is 0 Å². The number of rotatable bonds is 5. The first-order chi connectivity index (χ1) is 23.3. The van der Waals surface area contributed by atoms with Crippen molar-refractivity contribution in [1.82, 2.24) is 19.5 Å². The summed E-state index contributed by atoms with van der Waals surface area (Å²) in [4.78, 5) is 15.2. The van der Waals surface area contributed by atoms with Gasteiger partial charge in [0.05, 0.1) is 16.7 Å². The zero-order valence-corrected chi connectivity index (χ0v) is 25.5. The number of fused-ring (bicyclic) bond motifs is 4. The normalized spacial score (nSPS) is 11.4. The van der Waals surface area contributed by atoms with Crippen molar-refractivity contribution in [2.24, 2.45) is 0 Å². The zero-order valence-electron chi connectivity index (χ0n) is 25.5. The van der Waals surface area contributed by atoms with E-state index in [2.05, 4.69) is 114 Å². The van der Waals surface area contributed by atoms with E-state index in [1.165, 1.54) is 21.5 Å². The maximum atomic E-state index is 5.14. The van der Waals surface area contributed by atoms with Gasteiger partial charge in [-0.2, -0.15) is 0 Å². The molecule has 0 saturated carbocycles. The van der Waals surface area contributed by atoms with Gasteiger partial charge in [-0.15, -0.1) is 0 Å². The molecule has 0 amide bonds. The number of nitrogens with zero attached hydrogens (tertiary/aromatic N) is 4. The minimum Gasteiger partial charge on any atom is -0.308 e. The monoisotopic (exact) mass is 600 g/mol. The molecular formula is C43H28N4. The summed E-state index contributed by atoms with van der Waals surface area (Å²) < 4.78 is 2.36. The van der Waals surface area contributed by atoms with E-state index in [1.807, 2.05) is 60.7 Å². The Bertz CT molecular complexity index is 2460. The number of para-hydroxylation sites is 2. The first kappa shape index (κ1) is 27.0. The van der Waals surface area contributed by atoms with E-state index in [0.29, 0.717) is 17.5 Å². The second-order valence-corrected chi connectivity index (χ2v) is 11.7. The van der Waals surface area contributed by atoms with Crippen molar-refractivity contribution < 1.29 is 0 Å². The van der Waals surface area contributed by atoms with Crippen LogP contribution in [0.3, 0.4) is 0 Å². The quantitative estimate of drug-likeness (QED) is 0.197. The molecule has 0 atom stereocenters. The van der Waals surface area contributed by atoms with Crippen LogP contribution >= 0.6 is 0 Å². The van der Waals surface area contributed by atoms with Crippen LogP contribution in [0.15, 0.2) is 170 Å². The van der Waals surface area contributed by atoms with Crippen molar-refractivity contribution in [3.05, 3.63) is 170 Å². The number of hydrogen-bond acceptors (Lipinski definition) is 3. The average Bonchev–Trinajstić information content (AvgIpc) is 3.49. The molecule has 7 aromatic carbocycles. The summed E-state index contributed by atoms with van der Waals surface area (Å²) in [5.74, 6) is 1.90. The molecule has 0 fully saturated rings. The molecule has 9 aromatic rings. The Labute approximate surface area is 272 Å². The lowest BCUT2D eigenvalue weighted by atomic mass is 9.98. The first-order valence-electron chi connectivity index (χ1n) is 15.8. The van der Waals surface area contributed by atoms with E-state index in [1.54, 1.807) is 0 Å². The molecule has 0 spiro atoms. The lowest BCUT2D eigenvalue weighted by Gasteiger charge is -2.16. The van der Waals surface area contributed by atoms with Gasteiger partial charge in [-0.25, -0.2) is 15.0 Å². The standard InChI is InChI=1S/C43H28N4/c1-3-14-30(15-4-1)41-44-42(31-16-5-2-6-17-31)46-43(45-41)37-26-25-34(33-24-23-29-13-7-8-18-32(29)27-33)28-40(37)47-38-21-11-9-19-35(38)36-20-10-12-22-39(36)47/h1-28H. The van der Waals surface area contributed by atoms with Crippen LogP contribution in [-0.4, -0.2) is 19.5 Å². The molecule has 0 aliphatic rings. The van der Waals surface area contributed by atoms with Crippen LogP contribution in [0.4, 0.5) is 0 Å². The highest BCUT2D eigenvalue weighted by atomic mass is 15.1. The topological polar surface area (TPSA) is 43.6 Å². The molecule has 4 nitrogen and oxygen atoms in total. The van der Waals surface area contributed by atoms with Gasteiger partial charge >= 0.3 is 0 Å². The third-order valence-electron chi connectivity index (χ3n) is 8.84. The number of hydrogen-bond donors (Lipinski definition) is 0. The third kappa shape index (κ3) is 4.75. The molecule has 2 heterocycles. The highest BCUT2D eigenvalue weighted by Gasteiger charge is 2.20. The van der Waals surface area contributed by atoms with Crippen LogP contribution in [0.1, 0.15) is 0 Å². The zero-order chi connectivity index (χ0) is 31.2. The van der Waals surface area contributed by atoms with E-state index in [0.717, 1.165) is 44.5 Å². The third-order valence-corrected chi connectivity index (χ3v) is 8.84. The van der Waals surface area contributed by atoms with Gasteiger partial charge in [0, 0.05) is 27.5 Å². The molecule has 47 heavy (non-hydrogen) atoms. The number of aromatic nitrogens is 4. The Morgan fingerprint density at radius 3 is 1.47 bits per heavy atom. The maximum absolute atomic E-state index is 5.14. The van der Waals surface area contributed by atoms with Crippen LogP contribution < -0.4 is 0 Å². The predicted molar refractivity (Wildman–Crippen MR) is 193 cm³/mol. The predicted octanol–water partition coefficient (Wildman–Crippen LogP) is 10.8. The highest BCUT2D eigenvalue weighted by molar-refractivity contribution is 6.09. The molecule has 0 unspecified atom stereocenters. The summed E-state index contributed by atoms with van der Waals surface area (Å²) in [5.41, 5.74) is 8.37. The first-order valence-corrected chi connectivity index (χ1v) is 15.8. The van der Waals surface area contributed by atoms with Gasteiger partial charge in [-0.1, -0.05) is 140 Å². The van der Waals surface area contributed by atoms with E-state index in [4.69, 9.17) is 15.0 Å². The summed E-state index contributed by atoms with van der Waals surface area (Å²) in [5, 5.41) is 4.85. The molecule has 0 N–H and O–H groups in total. The van der Waals surface area contributed by atoms with Gasteiger partial charge in [0.15, 0.2) is 17.5 Å². The SMILES string of the molecule is c1ccc(-c2nc(-c3ccccc3)nc(-c3ccc(-c4ccc5ccccc5c4)cc3-n3c4ccccc4c4ccccc43)n2)cc1. The second-order valence-electron chi connectivity index (χ2n) is 11.7. The summed E-state index contributed by atoms with van der Waals surface area (Å²) in [7, 11) is 0. The molecule has 4 heteroatoms. The van der Waals surface area contributed by atoms with Gasteiger partial charge in [-0.05, 0) is 52.2 Å². The summed E-state index contributed by atoms with van der Waals surface area (Å²) in [6.45, 7) is 0. The Kier molecular flexibility index (Phi) is 6.43. The average molecular weight is 601 g/mol. The van der Waals surface area contributed by atoms with Crippen molar-refractivity contribution in [3.8, 4) is 51.0 Å². The van der Waals surface area contributed by atoms with E-state index >= 15 is 0 Å². The fourth-order valence-electron chi connectivity index (χ4n) is 6.57. The van der Waals surface area contributed by atoms with Crippen LogP contribution in [0.5, 0.6) is 0 Å². The molecule has 220 valence electrons. The largest absolute Gasteiger partial charge is 0.308 e. The van der Waals surface area contributed by atoms with Crippen LogP contribution in [0, 0.1) is 0 Å². The Hall–Kier alpha value is -6.39. The van der Waals surface area contributed by atoms with Gasteiger partial charge in [-0.3, -0.25) is 0 Å². The summed E-state index contributed by atoms with van der Waals surface area (Å²) >= 11 is 0. The van der Waals surface area contributed by atoms with Gasteiger partial charge in [0.2, 0.25) is 0 Å². The minimum atomic E-state index is 0.625. The maximum Gasteiger partial charge on any atom is 0.166 e. The van der Waals surface area contributed by atoms with Crippen LogP contribution in [-0.2, 0) is 0 Å². The fourth-order valence-corrected chi connectivity index (χ4v) is 6.57. The van der Waals surface area contributed by atoms with Gasteiger partial charge in [0.1, 0.15) is 0 Å². The van der Waals surface area contributed by atoms with E-state index in [9.17, 15) is 0 Å². The molecule has 0 bridgehead atoms. The highest BCUT2D eigenvalue weighted by Crippen LogP contribution is 2.38. The smallest absolute Gasteiger partial charge is 0.166 e. The lowest BCUT2D eigenvalue weighted by molar-refractivity contribution is 1.06. The summed E-state index contributed by atoms with van der Waals surface area (Å²) in [6, 6.07) is 59.3. The molecule has 0 aliphatic carbocycles. The molecule has 0 saturated heterocycles. The van der Waals surface area contributed by atoms with Crippen molar-refractivity contribution in [1.29, 1.82) is 0 Å². The number of benzene rings is 7. The van der Waals surface area contributed by atoms with Crippen molar-refractivity contribution in [2.75, 3.05) is 0 Å². The molecule has 2 aromatic heterocycles. The van der Waals surface area contributed by atoms with Crippen molar-refractivity contribution in [2.45, 2.75) is 0 Å². The Morgan fingerprint density at radius 2 is 0.830 bits per heavy atom.